The summed E-state index contributed by atoms with van der Waals surface area (Å²) in [5.74, 6) is -0.856. The normalized spacial score (nSPS) is 24.0. The second kappa shape index (κ2) is 11.1. The van der Waals surface area contributed by atoms with Crippen molar-refractivity contribution in [2.45, 2.75) is 92.6 Å². The zero-order valence-corrected chi connectivity index (χ0v) is 24.4. The minimum absolute atomic E-state index is 0.0727. The average molecular weight is 637 g/mol. The molecule has 0 saturated carbocycles. The minimum Gasteiger partial charge on any atom is -0.344 e. The van der Waals surface area contributed by atoms with Gasteiger partial charge < -0.3 is 10.2 Å². The molecule has 0 aromatic heterocycles. The molecule has 2 aliphatic heterocycles. The first-order valence-electron chi connectivity index (χ1n) is 13.8. The van der Waals surface area contributed by atoms with Crippen molar-refractivity contribution in [3.63, 3.8) is 0 Å². The van der Waals surface area contributed by atoms with Gasteiger partial charge in [-0.1, -0.05) is 44.2 Å². The second-order valence-corrected chi connectivity index (χ2v) is 12.9. The number of carbonyl (C=O) groups excluding carboxylic acids is 2. The quantitative estimate of drug-likeness (QED) is 0.430. The van der Waals surface area contributed by atoms with Gasteiger partial charge in [-0.15, -0.1) is 0 Å². The molecule has 5 rings (SSSR count). The molecular formula is C29H31F7N2O4S. The Bertz CT molecular complexity index is 1510. The number of carbonyl (C=O) groups is 2. The molecule has 3 aliphatic rings. The fourth-order valence-electron chi connectivity index (χ4n) is 6.49. The monoisotopic (exact) mass is 636 g/mol. The first-order chi connectivity index (χ1) is 19.9. The van der Waals surface area contributed by atoms with E-state index < -0.39 is 56.2 Å². The summed E-state index contributed by atoms with van der Waals surface area (Å²) in [5, 5.41) is 2.55. The number of nitrogens with one attached hydrogen (secondary N) is 1. The summed E-state index contributed by atoms with van der Waals surface area (Å²) in [6, 6.07) is 5.56. The molecule has 3 unspecified atom stereocenters. The number of fused-ring (bicyclic) bond motifs is 3. The number of hydrogen-bond acceptors (Lipinski definition) is 4. The third-order valence-corrected chi connectivity index (χ3v) is 11.0. The number of rotatable bonds is 4. The van der Waals surface area contributed by atoms with E-state index in [0.29, 0.717) is 17.7 Å². The van der Waals surface area contributed by atoms with Crippen LogP contribution in [0.3, 0.4) is 0 Å². The van der Waals surface area contributed by atoms with Gasteiger partial charge in [-0.3, -0.25) is 9.59 Å². The Morgan fingerprint density at radius 2 is 1.60 bits per heavy atom. The maximum Gasteiger partial charge on any atom is 0.435 e. The highest BCUT2D eigenvalue weighted by atomic mass is 32.2. The van der Waals surface area contributed by atoms with Crippen molar-refractivity contribution >= 4 is 21.7 Å². The lowest BCUT2D eigenvalue weighted by molar-refractivity contribution is -0.348. The summed E-state index contributed by atoms with van der Waals surface area (Å²) in [7, 11) is -4.42. The third-order valence-electron chi connectivity index (χ3n) is 8.42. The van der Waals surface area contributed by atoms with Crippen molar-refractivity contribution in [1.29, 1.82) is 0 Å². The van der Waals surface area contributed by atoms with Gasteiger partial charge in [0.25, 0.3) is 0 Å². The van der Waals surface area contributed by atoms with Crippen LogP contribution in [-0.4, -0.2) is 56.1 Å². The Kier molecular flexibility index (Phi) is 8.44. The number of sulfone groups is 1. The predicted molar refractivity (Wildman–Crippen MR) is 142 cm³/mol. The maximum atomic E-state index is 14.9. The molecule has 0 spiro atoms. The molecule has 2 fully saturated rings. The molecule has 236 valence electrons. The van der Waals surface area contributed by atoms with Crippen LogP contribution < -0.4 is 5.32 Å². The van der Waals surface area contributed by atoms with Crippen LogP contribution in [0.2, 0.25) is 0 Å². The van der Waals surface area contributed by atoms with Gasteiger partial charge in [-0.05, 0) is 61.4 Å². The van der Waals surface area contributed by atoms with Crippen LogP contribution >= 0.6 is 0 Å². The molecule has 14 heteroatoms. The smallest absolute Gasteiger partial charge is 0.344 e. The zero-order chi connectivity index (χ0) is 32.2. The van der Waals surface area contributed by atoms with Crippen LogP contribution in [0.25, 0.3) is 0 Å². The maximum absolute atomic E-state index is 14.9. The molecule has 2 heterocycles. The van der Waals surface area contributed by atoms with Crippen LogP contribution in [0.1, 0.15) is 61.8 Å². The molecule has 1 aliphatic carbocycles. The highest BCUT2D eigenvalue weighted by Gasteiger charge is 2.74. The van der Waals surface area contributed by atoms with E-state index in [0.717, 1.165) is 6.07 Å². The van der Waals surface area contributed by atoms with E-state index in [2.05, 4.69) is 5.32 Å². The summed E-state index contributed by atoms with van der Waals surface area (Å²) in [6.07, 6.45) is -12.9. The van der Waals surface area contributed by atoms with Gasteiger partial charge in [0, 0.05) is 18.5 Å². The number of aryl methyl sites for hydroxylation is 2. The Morgan fingerprint density at radius 1 is 0.953 bits per heavy atom. The lowest BCUT2D eigenvalue weighted by Gasteiger charge is -2.43. The third kappa shape index (κ3) is 4.98. The standard InChI is InChI=1S/C27H25F7N2O4S.C2H6/c1-15-3-2-4-18(13-15)41(39,40)24-11-12-36(23(38)20-8-10-22(37)35-20)21(24)9-5-16-14-17(6-7-19(16)24)25(28,26(29,30)31)27(32,33)34;1-2/h2-4,6-7,13-14,20-21H,5,8-12H2,1H3,(H,35,37);1-2H3. The molecular weight excluding hydrogens is 605 g/mol. The summed E-state index contributed by atoms with van der Waals surface area (Å²) in [5.41, 5.74) is -7.03. The second-order valence-electron chi connectivity index (χ2n) is 10.7. The number of likely N-dealkylation sites (tertiary alicyclic amines) is 1. The summed E-state index contributed by atoms with van der Waals surface area (Å²) in [4.78, 5) is 26.4. The summed E-state index contributed by atoms with van der Waals surface area (Å²) in [6.45, 7) is 5.57. The van der Waals surface area contributed by atoms with Gasteiger partial charge in [-0.25, -0.2) is 12.8 Å². The van der Waals surface area contributed by atoms with Gasteiger partial charge in [-0.2, -0.15) is 26.3 Å². The molecule has 3 atom stereocenters. The van der Waals surface area contributed by atoms with Crippen LogP contribution in [-0.2, 0) is 36.3 Å². The first-order valence-corrected chi connectivity index (χ1v) is 15.3. The SMILES string of the molecule is CC.Cc1cccc(S(=O)(=O)C23CCN(C(=O)C4CCC(=O)N4)C2CCc2cc(C(F)(C(F)(F)F)C(F)(F)F)ccc23)c1. The topological polar surface area (TPSA) is 83.6 Å². The lowest BCUT2D eigenvalue weighted by Crippen LogP contribution is -2.55. The van der Waals surface area contributed by atoms with E-state index in [1.165, 1.54) is 23.1 Å². The molecule has 0 radical (unpaired) electrons. The first kappa shape index (κ1) is 32.7. The van der Waals surface area contributed by atoms with E-state index in [-0.39, 0.29) is 60.6 Å². The lowest BCUT2D eigenvalue weighted by atomic mass is 9.76. The number of halogens is 7. The van der Waals surface area contributed by atoms with E-state index in [1.807, 2.05) is 13.8 Å². The summed E-state index contributed by atoms with van der Waals surface area (Å²) < 4.78 is 123. The van der Waals surface area contributed by atoms with E-state index in [9.17, 15) is 48.7 Å². The highest BCUT2D eigenvalue weighted by Crippen LogP contribution is 2.56. The highest BCUT2D eigenvalue weighted by molar-refractivity contribution is 7.92. The van der Waals surface area contributed by atoms with Crippen molar-refractivity contribution in [3.8, 4) is 0 Å². The number of amides is 2. The van der Waals surface area contributed by atoms with Gasteiger partial charge in [0.2, 0.25) is 11.8 Å². The molecule has 43 heavy (non-hydrogen) atoms. The van der Waals surface area contributed by atoms with Gasteiger partial charge >= 0.3 is 18.0 Å². The van der Waals surface area contributed by atoms with Crippen LogP contribution in [0, 0.1) is 6.92 Å². The molecule has 6 nitrogen and oxygen atoms in total. The van der Waals surface area contributed by atoms with Gasteiger partial charge in [0.15, 0.2) is 9.84 Å². The van der Waals surface area contributed by atoms with Gasteiger partial charge in [0.05, 0.1) is 10.9 Å². The van der Waals surface area contributed by atoms with E-state index in [1.54, 1.807) is 13.0 Å². The Labute approximate surface area is 244 Å². The van der Waals surface area contributed by atoms with Crippen LogP contribution in [0.15, 0.2) is 47.4 Å². The zero-order valence-electron chi connectivity index (χ0n) is 23.6. The molecule has 0 bridgehead atoms. The van der Waals surface area contributed by atoms with Crippen molar-refractivity contribution in [1.82, 2.24) is 10.2 Å². The minimum atomic E-state index is -6.33. The number of nitrogens with zero attached hydrogens (tertiary/aromatic N) is 1. The Hall–Kier alpha value is -3.16. The van der Waals surface area contributed by atoms with Crippen LogP contribution in [0.4, 0.5) is 30.7 Å². The summed E-state index contributed by atoms with van der Waals surface area (Å²) >= 11 is 0. The molecule has 2 aromatic rings. The number of benzene rings is 2. The molecule has 1 N–H and O–H groups in total. The van der Waals surface area contributed by atoms with Crippen LogP contribution in [0.5, 0.6) is 0 Å². The fraction of sp³-hybridized carbons (Fsp3) is 0.517. The average Bonchev–Trinajstić information content (AvgIpc) is 3.56. The predicted octanol–water partition coefficient (Wildman–Crippen LogP) is 5.81. The molecule has 2 aromatic carbocycles. The fourth-order valence-corrected chi connectivity index (χ4v) is 8.96. The van der Waals surface area contributed by atoms with Crippen molar-refractivity contribution in [2.24, 2.45) is 0 Å². The largest absolute Gasteiger partial charge is 0.435 e. The van der Waals surface area contributed by atoms with Gasteiger partial charge in [0.1, 0.15) is 10.8 Å². The van der Waals surface area contributed by atoms with Crippen molar-refractivity contribution in [2.75, 3.05) is 6.54 Å². The van der Waals surface area contributed by atoms with Crippen molar-refractivity contribution < 1.29 is 48.7 Å². The Morgan fingerprint density at radius 3 is 2.16 bits per heavy atom. The van der Waals surface area contributed by atoms with E-state index in [4.69, 9.17) is 0 Å². The number of alkyl halides is 7. The van der Waals surface area contributed by atoms with Crippen molar-refractivity contribution in [3.05, 3.63) is 64.7 Å². The van der Waals surface area contributed by atoms with E-state index >= 15 is 0 Å². The molecule has 2 saturated heterocycles. The Balaban J connectivity index is 0.00000207. The number of hydrogen-bond donors (Lipinski definition) is 1. The molecule has 2 amide bonds.